The molecule has 0 spiro atoms. The Hall–Kier alpha value is -1.65. The number of benzene rings is 1. The summed E-state index contributed by atoms with van der Waals surface area (Å²) < 4.78 is 48.4. The molecule has 26 heavy (non-hydrogen) atoms. The summed E-state index contributed by atoms with van der Waals surface area (Å²) in [5.74, 6) is 1.15. The Labute approximate surface area is 153 Å². The fourth-order valence-corrected chi connectivity index (χ4v) is 3.50. The van der Waals surface area contributed by atoms with Crippen molar-refractivity contribution in [2.24, 2.45) is 11.8 Å². The maximum atomic E-state index is 12.8. The Kier molecular flexibility index (Phi) is 6.15. The first-order valence-corrected chi connectivity index (χ1v) is 9.60. The molecular weight excluding hydrogens is 341 g/mol. The van der Waals surface area contributed by atoms with Crippen LogP contribution in [0.1, 0.15) is 56.1 Å². The molecule has 1 aromatic rings. The average Bonchev–Trinajstić information content (AvgIpc) is 3.26. The second kappa shape index (κ2) is 8.36. The highest BCUT2D eigenvalue weighted by atomic mass is 19.4. The minimum atomic E-state index is -4.72. The molecule has 5 heteroatoms. The van der Waals surface area contributed by atoms with Crippen LogP contribution in [0.5, 0.6) is 11.5 Å². The first-order valence-electron chi connectivity index (χ1n) is 9.60. The largest absolute Gasteiger partial charge is 0.573 e. The summed E-state index contributed by atoms with van der Waals surface area (Å²) in [6.45, 7) is 2.14. The molecule has 0 bridgehead atoms. The molecule has 2 saturated carbocycles. The zero-order valence-corrected chi connectivity index (χ0v) is 15.3. The molecule has 0 unspecified atom stereocenters. The summed E-state index contributed by atoms with van der Waals surface area (Å²) in [5, 5.41) is 0. The van der Waals surface area contributed by atoms with Gasteiger partial charge < -0.3 is 9.47 Å². The van der Waals surface area contributed by atoms with Crippen molar-refractivity contribution in [2.45, 2.75) is 64.7 Å². The first kappa shape index (κ1) is 19.1. The lowest BCUT2D eigenvalue weighted by atomic mass is 10.0. The second-order valence-electron chi connectivity index (χ2n) is 7.49. The Bertz CT molecular complexity index is 627. The van der Waals surface area contributed by atoms with Crippen molar-refractivity contribution in [3.05, 3.63) is 35.4 Å². The summed E-state index contributed by atoms with van der Waals surface area (Å²) >= 11 is 0. The van der Waals surface area contributed by atoms with Gasteiger partial charge in [-0.3, -0.25) is 0 Å². The highest BCUT2D eigenvalue weighted by Crippen LogP contribution is 2.39. The van der Waals surface area contributed by atoms with Gasteiger partial charge in [0.1, 0.15) is 0 Å². The van der Waals surface area contributed by atoms with E-state index in [-0.39, 0.29) is 11.5 Å². The molecule has 0 aliphatic heterocycles. The van der Waals surface area contributed by atoms with Gasteiger partial charge in [0.2, 0.25) is 0 Å². The maximum Gasteiger partial charge on any atom is 0.573 e. The number of ether oxygens (including phenoxy) is 2. The van der Waals surface area contributed by atoms with Crippen molar-refractivity contribution in [3.63, 3.8) is 0 Å². The van der Waals surface area contributed by atoms with Crippen molar-refractivity contribution < 1.29 is 22.6 Å². The normalized spacial score (nSPS) is 18.6. The Balaban J connectivity index is 1.67. The van der Waals surface area contributed by atoms with Crippen LogP contribution in [0.15, 0.2) is 24.3 Å². The third-order valence-electron chi connectivity index (χ3n) is 5.26. The van der Waals surface area contributed by atoms with Gasteiger partial charge in [-0.15, -0.1) is 13.2 Å². The van der Waals surface area contributed by atoms with Gasteiger partial charge >= 0.3 is 6.36 Å². The fraction of sp³-hybridized carbons (Fsp3) is 0.619. The number of aryl methyl sites for hydroxylation is 1. The fourth-order valence-electron chi connectivity index (χ4n) is 3.50. The van der Waals surface area contributed by atoms with E-state index < -0.39 is 6.36 Å². The lowest BCUT2D eigenvalue weighted by Crippen LogP contribution is -2.19. The quantitative estimate of drug-likeness (QED) is 0.497. The van der Waals surface area contributed by atoms with Gasteiger partial charge in [0.15, 0.2) is 11.5 Å². The van der Waals surface area contributed by atoms with Crippen LogP contribution in [0.4, 0.5) is 13.2 Å². The minimum Gasteiger partial charge on any atom is -0.489 e. The third kappa shape index (κ3) is 5.68. The number of hydrogen-bond donors (Lipinski definition) is 0. The SMILES string of the molecule is Cc1c(CC/C=C/C2CCCC2)ccc(OCC2CC2)c1OC(F)(F)F. The predicted octanol–water partition coefficient (Wildman–Crippen LogP) is 6.36. The molecule has 3 rings (SSSR count). The monoisotopic (exact) mass is 368 g/mol. The lowest BCUT2D eigenvalue weighted by molar-refractivity contribution is -0.275. The molecule has 0 radical (unpaired) electrons. The molecule has 2 fully saturated rings. The smallest absolute Gasteiger partial charge is 0.489 e. The molecule has 2 aliphatic rings. The van der Waals surface area contributed by atoms with Gasteiger partial charge in [-0.25, -0.2) is 0 Å². The molecule has 144 valence electrons. The minimum absolute atomic E-state index is 0.185. The molecule has 0 aromatic heterocycles. The first-order chi connectivity index (χ1) is 12.4. The molecular formula is C21H27F3O2. The van der Waals surface area contributed by atoms with Gasteiger partial charge in [-0.2, -0.15) is 0 Å². The van der Waals surface area contributed by atoms with E-state index in [1.54, 1.807) is 13.0 Å². The van der Waals surface area contributed by atoms with Crippen LogP contribution in [0, 0.1) is 18.8 Å². The molecule has 0 N–H and O–H groups in total. The van der Waals surface area contributed by atoms with Crippen LogP contribution in [0.25, 0.3) is 0 Å². The van der Waals surface area contributed by atoms with E-state index in [1.165, 1.54) is 25.7 Å². The molecule has 1 aromatic carbocycles. The van der Waals surface area contributed by atoms with E-state index in [0.717, 1.165) is 24.8 Å². The van der Waals surface area contributed by atoms with Crippen molar-refractivity contribution in [1.82, 2.24) is 0 Å². The standard InChI is InChI=1S/C21H27F3O2/c1-15-18(9-5-4-8-16-6-2-3-7-16)12-13-19(25-14-17-10-11-17)20(15)26-21(22,23)24/h4,8,12-13,16-17H,2-3,5-7,9-11,14H2,1H3/b8-4+. The van der Waals surface area contributed by atoms with Crippen LogP contribution in [-0.2, 0) is 6.42 Å². The molecule has 2 nitrogen and oxygen atoms in total. The number of hydrogen-bond acceptors (Lipinski definition) is 2. The van der Waals surface area contributed by atoms with Crippen molar-refractivity contribution in [1.29, 1.82) is 0 Å². The molecule has 2 aliphatic carbocycles. The van der Waals surface area contributed by atoms with Crippen molar-refractivity contribution in [2.75, 3.05) is 6.61 Å². The van der Waals surface area contributed by atoms with Crippen LogP contribution in [0.2, 0.25) is 0 Å². The number of rotatable bonds is 8. The zero-order chi connectivity index (χ0) is 18.6. The summed E-state index contributed by atoms with van der Waals surface area (Å²) in [4.78, 5) is 0. The van der Waals surface area contributed by atoms with Gasteiger partial charge in [-0.05, 0) is 74.5 Å². The van der Waals surface area contributed by atoms with Gasteiger partial charge in [0, 0.05) is 0 Å². The van der Waals surface area contributed by atoms with E-state index in [2.05, 4.69) is 16.9 Å². The summed E-state index contributed by atoms with van der Waals surface area (Å²) in [6.07, 6.45) is 8.52. The van der Waals surface area contributed by atoms with Crippen LogP contribution in [-0.4, -0.2) is 13.0 Å². The summed E-state index contributed by atoms with van der Waals surface area (Å²) in [7, 11) is 0. The highest BCUT2D eigenvalue weighted by molar-refractivity contribution is 5.50. The predicted molar refractivity (Wildman–Crippen MR) is 95.5 cm³/mol. The van der Waals surface area contributed by atoms with Crippen molar-refractivity contribution >= 4 is 0 Å². The van der Waals surface area contributed by atoms with Gasteiger partial charge in [0.05, 0.1) is 6.61 Å². The van der Waals surface area contributed by atoms with Crippen LogP contribution in [0.3, 0.4) is 0 Å². The van der Waals surface area contributed by atoms with Gasteiger partial charge in [-0.1, -0.05) is 31.1 Å². The van der Waals surface area contributed by atoms with E-state index >= 15 is 0 Å². The number of allylic oxidation sites excluding steroid dienone is 2. The lowest BCUT2D eigenvalue weighted by Gasteiger charge is -2.18. The van der Waals surface area contributed by atoms with Crippen LogP contribution < -0.4 is 9.47 Å². The highest BCUT2D eigenvalue weighted by Gasteiger charge is 2.34. The maximum absolute atomic E-state index is 12.8. The van der Waals surface area contributed by atoms with E-state index in [9.17, 15) is 13.2 Å². The average molecular weight is 368 g/mol. The topological polar surface area (TPSA) is 18.5 Å². The Morgan fingerprint density at radius 2 is 1.85 bits per heavy atom. The Morgan fingerprint density at radius 1 is 1.12 bits per heavy atom. The summed E-state index contributed by atoms with van der Waals surface area (Å²) in [5.41, 5.74) is 1.39. The van der Waals surface area contributed by atoms with E-state index in [1.807, 2.05) is 6.07 Å². The second-order valence-corrected chi connectivity index (χ2v) is 7.49. The number of halogens is 3. The zero-order valence-electron chi connectivity index (χ0n) is 15.3. The van der Waals surface area contributed by atoms with E-state index in [0.29, 0.717) is 30.4 Å². The number of alkyl halides is 3. The van der Waals surface area contributed by atoms with Gasteiger partial charge in [0.25, 0.3) is 0 Å². The summed E-state index contributed by atoms with van der Waals surface area (Å²) in [6, 6.07) is 3.48. The molecule has 0 heterocycles. The molecule has 0 atom stereocenters. The third-order valence-corrected chi connectivity index (χ3v) is 5.26. The Morgan fingerprint density at radius 3 is 2.50 bits per heavy atom. The van der Waals surface area contributed by atoms with Crippen LogP contribution >= 0.6 is 0 Å². The van der Waals surface area contributed by atoms with Crippen molar-refractivity contribution in [3.8, 4) is 11.5 Å². The molecule has 0 saturated heterocycles. The molecule has 0 amide bonds. The van der Waals surface area contributed by atoms with E-state index in [4.69, 9.17) is 4.74 Å².